The maximum absolute atomic E-state index is 3.88. The van der Waals surface area contributed by atoms with E-state index in [1.165, 1.54) is 79.9 Å². The van der Waals surface area contributed by atoms with Crippen LogP contribution in [0.25, 0.3) is 33.4 Å². The van der Waals surface area contributed by atoms with Crippen molar-refractivity contribution in [1.29, 1.82) is 0 Å². The summed E-state index contributed by atoms with van der Waals surface area (Å²) < 4.78 is 5.55. The van der Waals surface area contributed by atoms with E-state index in [1.54, 1.807) is 0 Å². The third-order valence-electron chi connectivity index (χ3n) is 8.76. The van der Waals surface area contributed by atoms with E-state index in [0.717, 1.165) is 21.8 Å². The van der Waals surface area contributed by atoms with Crippen molar-refractivity contribution < 1.29 is 24.2 Å². The van der Waals surface area contributed by atoms with Crippen molar-refractivity contribution in [3.8, 4) is 33.4 Å². The average Bonchev–Trinajstić information content (AvgIpc) is 3.88. The zero-order chi connectivity index (χ0) is 39.1. The Morgan fingerprint density at radius 1 is 0.589 bits per heavy atom. The summed E-state index contributed by atoms with van der Waals surface area (Å²) in [5.41, 5.74) is 13.5. The third kappa shape index (κ3) is 14.5. The summed E-state index contributed by atoms with van der Waals surface area (Å²) in [7, 11) is 0. The first-order valence-electron chi connectivity index (χ1n) is 18.1. The Kier molecular flexibility index (Phi) is 21.2. The molecule has 0 fully saturated rings. The summed E-state index contributed by atoms with van der Waals surface area (Å²) in [5.74, 6) is 0. The van der Waals surface area contributed by atoms with Crippen LogP contribution >= 0.6 is 56.7 Å². The predicted octanol–water partition coefficient (Wildman–Crippen LogP) is 15.6. The number of halogens is 4. The average molecular weight is 985 g/mol. The van der Waals surface area contributed by atoms with Gasteiger partial charge in [0.05, 0.1) is 0 Å². The van der Waals surface area contributed by atoms with Crippen molar-refractivity contribution in [3.05, 3.63) is 201 Å². The molecule has 0 amide bonds. The van der Waals surface area contributed by atoms with Crippen LogP contribution in [0, 0.1) is 24.3 Å². The molecule has 56 heavy (non-hydrogen) atoms. The molecule has 0 atom stereocenters. The Hall–Kier alpha value is -2.91. The summed E-state index contributed by atoms with van der Waals surface area (Å²) in [6.45, 7) is 13.9. The molecule has 0 bridgehead atoms. The van der Waals surface area contributed by atoms with Gasteiger partial charge in [-0.25, -0.2) is 12.2 Å². The van der Waals surface area contributed by atoms with E-state index in [2.05, 4.69) is 187 Å². The van der Waals surface area contributed by atoms with Crippen molar-refractivity contribution in [3.63, 3.8) is 0 Å². The van der Waals surface area contributed by atoms with Gasteiger partial charge in [-0.05, 0) is 39.5 Å². The van der Waals surface area contributed by atoms with Crippen LogP contribution in [0.4, 0.5) is 0 Å². The van der Waals surface area contributed by atoms with Gasteiger partial charge in [0.25, 0.3) is 0 Å². The second-order valence-corrected chi connectivity index (χ2v) is 16.7. The first-order valence-corrected chi connectivity index (χ1v) is 21.4. The molecule has 290 valence electrons. The van der Waals surface area contributed by atoms with Crippen LogP contribution in [0.3, 0.4) is 0 Å². The number of allylic oxidation sites excluding steroid dienone is 4. The van der Waals surface area contributed by atoms with Crippen LogP contribution in [0.15, 0.2) is 155 Å². The topological polar surface area (TPSA) is 0 Å². The Balaban J connectivity index is 0.000000382. The second kappa shape index (κ2) is 24.1. The van der Waals surface area contributed by atoms with E-state index in [9.17, 15) is 0 Å². The summed E-state index contributed by atoms with van der Waals surface area (Å²) >= 11 is 7.88. The SMILES string of the molecule is Brc1cc[c-]cc1.Brc1cc[c-]cc1.CC(C)(C)c1cc2c([c-]c1-c1ccccc1)Cc1cc(-c3ccccc3)c(C(C)(C)C)cc1-2.Cl.Cl.[C-]1=CC=CC1.[CH2]=[Zr]. The number of fused-ring (bicyclic) bond motifs is 3. The van der Waals surface area contributed by atoms with Crippen LogP contribution in [-0.2, 0) is 41.5 Å². The molecule has 0 unspecified atom stereocenters. The molecule has 5 heteroatoms. The van der Waals surface area contributed by atoms with Gasteiger partial charge in [0.15, 0.2) is 0 Å². The molecule has 2 aliphatic rings. The summed E-state index contributed by atoms with van der Waals surface area (Å²) in [6, 6.07) is 53.9. The molecule has 0 N–H and O–H groups in total. The quantitative estimate of drug-likeness (QED) is 0.151. The predicted molar refractivity (Wildman–Crippen MR) is 251 cm³/mol. The molecule has 8 rings (SSSR count). The van der Waals surface area contributed by atoms with Gasteiger partial charge in [-0.2, -0.15) is 66.7 Å². The van der Waals surface area contributed by atoms with Crippen molar-refractivity contribution >= 4 is 60.9 Å². The molecule has 0 saturated heterocycles. The fourth-order valence-electron chi connectivity index (χ4n) is 6.18. The summed E-state index contributed by atoms with van der Waals surface area (Å²) in [4.78, 5) is 0. The first-order chi connectivity index (χ1) is 25.9. The normalized spacial score (nSPS) is 11.5. The summed E-state index contributed by atoms with van der Waals surface area (Å²) in [6.07, 6.45) is 10.9. The zero-order valence-corrected chi connectivity index (χ0v) is 40.3. The van der Waals surface area contributed by atoms with Crippen molar-refractivity contribution in [2.75, 3.05) is 0 Å². The van der Waals surface area contributed by atoms with Crippen molar-refractivity contribution in [2.45, 2.75) is 65.2 Å². The molecule has 2 aliphatic carbocycles. The monoisotopic (exact) mass is 980 g/mol. The molecule has 0 spiro atoms. The molecular formula is C51H50Br2Cl2Zr-4. The van der Waals surface area contributed by atoms with E-state index in [0.29, 0.717) is 0 Å². The van der Waals surface area contributed by atoms with Crippen LogP contribution in [0.5, 0.6) is 0 Å². The van der Waals surface area contributed by atoms with Gasteiger partial charge in [-0.15, -0.1) is 60.1 Å². The fourth-order valence-corrected chi connectivity index (χ4v) is 6.70. The minimum absolute atomic E-state index is 0. The van der Waals surface area contributed by atoms with E-state index >= 15 is 0 Å². The van der Waals surface area contributed by atoms with Crippen molar-refractivity contribution in [2.24, 2.45) is 0 Å². The fraction of sp³-hybridized carbons (Fsp3) is 0.196. The van der Waals surface area contributed by atoms with E-state index in [1.807, 2.05) is 60.7 Å². The molecule has 0 aliphatic heterocycles. The minimum atomic E-state index is 0. The number of hydrogen-bond donors (Lipinski definition) is 0. The first kappa shape index (κ1) is 49.2. The van der Waals surface area contributed by atoms with Gasteiger partial charge < -0.3 is 0 Å². The Morgan fingerprint density at radius 3 is 1.46 bits per heavy atom. The number of benzene rings is 6. The molecule has 6 aromatic rings. The second-order valence-electron chi connectivity index (χ2n) is 14.9. The van der Waals surface area contributed by atoms with Crippen LogP contribution in [0.2, 0.25) is 0 Å². The van der Waals surface area contributed by atoms with E-state index in [4.69, 9.17) is 0 Å². The number of rotatable bonds is 2. The van der Waals surface area contributed by atoms with Crippen LogP contribution in [0.1, 0.15) is 70.2 Å². The number of hydrogen-bond acceptors (Lipinski definition) is 0. The van der Waals surface area contributed by atoms with Crippen molar-refractivity contribution in [1.82, 2.24) is 0 Å². The molecule has 0 radical (unpaired) electrons. The molecule has 6 aromatic carbocycles. The molecule has 0 nitrogen and oxygen atoms in total. The van der Waals surface area contributed by atoms with Gasteiger partial charge in [0.2, 0.25) is 0 Å². The Bertz CT molecular complexity index is 1960. The molecule has 0 saturated carbocycles. The van der Waals surface area contributed by atoms with Gasteiger partial charge in [0, 0.05) is 0 Å². The molecular weight excluding hydrogens is 934 g/mol. The van der Waals surface area contributed by atoms with Crippen LogP contribution < -0.4 is 0 Å². The maximum atomic E-state index is 3.88. The van der Waals surface area contributed by atoms with Gasteiger partial charge in [-0.1, -0.05) is 172 Å². The van der Waals surface area contributed by atoms with Gasteiger partial charge in [0.1, 0.15) is 0 Å². The summed E-state index contributed by atoms with van der Waals surface area (Å²) in [5, 5.41) is 0. The molecule has 0 aromatic heterocycles. The van der Waals surface area contributed by atoms with E-state index in [-0.39, 0.29) is 35.6 Å². The zero-order valence-electron chi connectivity index (χ0n) is 33.1. The molecule has 0 heterocycles. The Labute approximate surface area is 381 Å². The van der Waals surface area contributed by atoms with Gasteiger partial charge >= 0.3 is 28.4 Å². The standard InChI is InChI=1S/C33H33.2C6H4Br.C5H5.CH2.2ClH.Zr/c1-32(2,3)30-20-26-24(18-28(30)22-13-9-7-10-14-22)17-25-19-29(23-15-11-8-12-16-23)31(21-27(25)26)33(4,5)6;2*7-6-4-2-1-3-5-6;1-2-4-5-3-1;;;;/h7-16,18,20-21H,17H2,1-6H3;2*2-5H;1-3H,4H2;1H2;2*1H;/q4*-1;;;;. The van der Waals surface area contributed by atoms with E-state index < -0.39 is 0 Å². The van der Waals surface area contributed by atoms with Gasteiger partial charge in [-0.3, -0.25) is 6.08 Å². The Morgan fingerprint density at radius 2 is 1.07 bits per heavy atom. The van der Waals surface area contributed by atoms with Crippen LogP contribution in [-0.4, -0.2) is 4.21 Å². The third-order valence-corrected chi connectivity index (χ3v) is 9.82.